The highest BCUT2D eigenvalue weighted by molar-refractivity contribution is 7.86. The van der Waals surface area contributed by atoms with Gasteiger partial charge in [-0.05, 0) is 34.1 Å². The molecule has 0 aliphatic carbocycles. The van der Waals surface area contributed by atoms with Gasteiger partial charge < -0.3 is 9.47 Å². The fourth-order valence-corrected chi connectivity index (χ4v) is 2.17. The highest BCUT2D eigenvalue weighted by Crippen LogP contribution is 2.19. The predicted molar refractivity (Wildman–Crippen MR) is 76.0 cm³/mol. The fourth-order valence-electron chi connectivity index (χ4n) is 1.58. The number of hydrogen-bond acceptors (Lipinski definition) is 7. The standard InChI is InChI=1S/C13H24O7S/c1-7-10(12(14)18-8(2)3)11(20-21(6,16)17)13(15)19-9(4)5/h8-11H,7H2,1-6H3/t10-,11+/m0/s1. The first kappa shape index (κ1) is 19.9. The quantitative estimate of drug-likeness (QED) is 0.490. The second-order valence-electron chi connectivity index (χ2n) is 5.21. The van der Waals surface area contributed by atoms with Gasteiger partial charge in [0, 0.05) is 0 Å². The van der Waals surface area contributed by atoms with Crippen molar-refractivity contribution in [1.82, 2.24) is 0 Å². The Hall–Kier alpha value is -1.15. The van der Waals surface area contributed by atoms with E-state index in [1.165, 1.54) is 0 Å². The molecule has 0 aromatic heterocycles. The first-order valence-electron chi connectivity index (χ1n) is 6.77. The summed E-state index contributed by atoms with van der Waals surface area (Å²) in [4.78, 5) is 24.0. The van der Waals surface area contributed by atoms with Crippen molar-refractivity contribution in [3.63, 3.8) is 0 Å². The summed E-state index contributed by atoms with van der Waals surface area (Å²) in [5.74, 6) is -2.64. The molecule has 21 heavy (non-hydrogen) atoms. The number of esters is 2. The topological polar surface area (TPSA) is 96.0 Å². The van der Waals surface area contributed by atoms with Crippen LogP contribution in [0.5, 0.6) is 0 Å². The van der Waals surface area contributed by atoms with Gasteiger partial charge in [0.1, 0.15) is 0 Å². The van der Waals surface area contributed by atoms with Gasteiger partial charge in [-0.3, -0.25) is 8.98 Å². The predicted octanol–water partition coefficient (Wildman–Crippen LogP) is 1.26. The Labute approximate surface area is 126 Å². The van der Waals surface area contributed by atoms with Gasteiger partial charge in [-0.2, -0.15) is 8.42 Å². The molecule has 0 fully saturated rings. The minimum atomic E-state index is -3.93. The van der Waals surface area contributed by atoms with Crippen molar-refractivity contribution in [3.05, 3.63) is 0 Å². The van der Waals surface area contributed by atoms with Gasteiger partial charge in [0.05, 0.1) is 24.4 Å². The van der Waals surface area contributed by atoms with Crippen LogP contribution in [0.1, 0.15) is 41.0 Å². The molecule has 0 aromatic rings. The smallest absolute Gasteiger partial charge is 0.337 e. The van der Waals surface area contributed by atoms with Crippen molar-refractivity contribution >= 4 is 22.1 Å². The SMILES string of the molecule is CC[C@H](C(=O)OC(C)C)[C@@H](OS(C)(=O)=O)C(=O)OC(C)C. The Bertz CT molecular complexity index is 453. The van der Waals surface area contributed by atoms with Gasteiger partial charge in [0.2, 0.25) is 0 Å². The van der Waals surface area contributed by atoms with Crippen LogP contribution >= 0.6 is 0 Å². The maximum atomic E-state index is 12.0. The molecule has 0 unspecified atom stereocenters. The average Bonchev–Trinajstić information content (AvgIpc) is 2.24. The third-order valence-corrected chi connectivity index (χ3v) is 2.88. The molecule has 0 bridgehead atoms. The summed E-state index contributed by atoms with van der Waals surface area (Å²) < 4.78 is 37.4. The number of rotatable bonds is 8. The molecule has 0 aliphatic rings. The molecule has 0 spiro atoms. The van der Waals surface area contributed by atoms with E-state index in [2.05, 4.69) is 0 Å². The number of carbonyl (C=O) groups is 2. The van der Waals surface area contributed by atoms with Gasteiger partial charge >= 0.3 is 11.9 Å². The largest absolute Gasteiger partial charge is 0.463 e. The molecule has 0 N–H and O–H groups in total. The van der Waals surface area contributed by atoms with Crippen LogP contribution in [0, 0.1) is 5.92 Å². The highest BCUT2D eigenvalue weighted by Gasteiger charge is 2.39. The zero-order chi connectivity index (χ0) is 16.8. The van der Waals surface area contributed by atoms with E-state index in [-0.39, 0.29) is 12.5 Å². The Morgan fingerprint density at radius 3 is 1.71 bits per heavy atom. The molecular weight excluding hydrogens is 300 g/mol. The van der Waals surface area contributed by atoms with Gasteiger partial charge in [-0.15, -0.1) is 0 Å². The van der Waals surface area contributed by atoms with Crippen LogP contribution in [0.15, 0.2) is 0 Å². The molecule has 0 rings (SSSR count). The lowest BCUT2D eigenvalue weighted by Crippen LogP contribution is -2.41. The number of carbonyl (C=O) groups excluding carboxylic acids is 2. The maximum absolute atomic E-state index is 12.0. The molecule has 0 aliphatic heterocycles. The second kappa shape index (κ2) is 8.33. The maximum Gasteiger partial charge on any atom is 0.337 e. The molecule has 0 saturated heterocycles. The molecule has 8 heteroatoms. The first-order valence-corrected chi connectivity index (χ1v) is 8.58. The summed E-state index contributed by atoms with van der Waals surface area (Å²) in [6.07, 6.45) is -1.39. The highest BCUT2D eigenvalue weighted by atomic mass is 32.2. The molecule has 7 nitrogen and oxygen atoms in total. The Kier molecular flexibility index (Phi) is 7.87. The Balaban J connectivity index is 5.32. The summed E-state index contributed by atoms with van der Waals surface area (Å²) >= 11 is 0. The minimum Gasteiger partial charge on any atom is -0.463 e. The van der Waals surface area contributed by atoms with Crippen molar-refractivity contribution in [2.75, 3.05) is 6.26 Å². The summed E-state index contributed by atoms with van der Waals surface area (Å²) in [5.41, 5.74) is 0. The summed E-state index contributed by atoms with van der Waals surface area (Å²) in [6, 6.07) is 0. The van der Waals surface area contributed by atoms with E-state index in [0.717, 1.165) is 6.26 Å². The molecular formula is C13H24O7S. The van der Waals surface area contributed by atoms with Crippen molar-refractivity contribution in [2.24, 2.45) is 5.92 Å². The van der Waals surface area contributed by atoms with Crippen molar-refractivity contribution in [1.29, 1.82) is 0 Å². The molecule has 0 saturated carbocycles. The van der Waals surface area contributed by atoms with Crippen molar-refractivity contribution in [2.45, 2.75) is 59.4 Å². The van der Waals surface area contributed by atoms with E-state index < -0.39 is 40.2 Å². The zero-order valence-corrected chi connectivity index (χ0v) is 14.1. The third kappa shape index (κ3) is 8.01. The van der Waals surface area contributed by atoms with E-state index in [1.807, 2.05) is 0 Å². The van der Waals surface area contributed by atoms with Gasteiger partial charge in [-0.25, -0.2) is 4.79 Å². The zero-order valence-electron chi connectivity index (χ0n) is 13.3. The van der Waals surface area contributed by atoms with E-state index in [1.54, 1.807) is 34.6 Å². The van der Waals surface area contributed by atoms with Crippen LogP contribution in [0.4, 0.5) is 0 Å². The van der Waals surface area contributed by atoms with E-state index >= 15 is 0 Å². The minimum absolute atomic E-state index is 0.179. The Morgan fingerprint density at radius 2 is 1.38 bits per heavy atom. The molecule has 0 aromatic carbocycles. The lowest BCUT2D eigenvalue weighted by atomic mass is 9.99. The molecule has 0 amide bonds. The summed E-state index contributed by atoms with van der Waals surface area (Å²) in [6.45, 7) is 8.17. The van der Waals surface area contributed by atoms with Gasteiger partial charge in [-0.1, -0.05) is 6.92 Å². The van der Waals surface area contributed by atoms with Gasteiger partial charge in [0.25, 0.3) is 10.1 Å². The van der Waals surface area contributed by atoms with Crippen LogP contribution < -0.4 is 0 Å². The molecule has 0 radical (unpaired) electrons. The van der Waals surface area contributed by atoms with Crippen LogP contribution in [0.3, 0.4) is 0 Å². The van der Waals surface area contributed by atoms with Crippen LogP contribution in [-0.2, 0) is 33.4 Å². The van der Waals surface area contributed by atoms with E-state index in [0.29, 0.717) is 0 Å². The number of ether oxygens (including phenoxy) is 2. The Morgan fingerprint density at radius 1 is 0.952 bits per heavy atom. The van der Waals surface area contributed by atoms with Crippen molar-refractivity contribution in [3.8, 4) is 0 Å². The van der Waals surface area contributed by atoms with E-state index in [9.17, 15) is 18.0 Å². The summed E-state index contributed by atoms with van der Waals surface area (Å²) in [5, 5.41) is 0. The fraction of sp³-hybridized carbons (Fsp3) is 0.846. The lowest BCUT2D eigenvalue weighted by molar-refractivity contribution is -0.168. The molecule has 2 atom stereocenters. The van der Waals surface area contributed by atoms with Crippen LogP contribution in [0.2, 0.25) is 0 Å². The lowest BCUT2D eigenvalue weighted by Gasteiger charge is -2.24. The summed E-state index contributed by atoms with van der Waals surface area (Å²) in [7, 11) is -3.93. The first-order chi connectivity index (χ1) is 9.47. The molecule has 0 heterocycles. The molecule has 124 valence electrons. The normalized spacial score (nSPS) is 14.9. The monoisotopic (exact) mass is 324 g/mol. The van der Waals surface area contributed by atoms with Crippen LogP contribution in [-0.4, -0.2) is 44.9 Å². The average molecular weight is 324 g/mol. The van der Waals surface area contributed by atoms with Crippen molar-refractivity contribution < 1.29 is 31.7 Å². The third-order valence-electron chi connectivity index (χ3n) is 2.32. The second-order valence-corrected chi connectivity index (χ2v) is 6.81. The van der Waals surface area contributed by atoms with Gasteiger partial charge in [0.15, 0.2) is 6.10 Å². The van der Waals surface area contributed by atoms with E-state index in [4.69, 9.17) is 13.7 Å². The van der Waals surface area contributed by atoms with Crippen LogP contribution in [0.25, 0.3) is 0 Å². The number of hydrogen-bond donors (Lipinski definition) is 0.